The van der Waals surface area contributed by atoms with E-state index in [4.69, 9.17) is 0 Å². The smallest absolute Gasteiger partial charge is 0.129 e. The molecule has 1 aromatic rings. The highest BCUT2D eigenvalue weighted by Crippen LogP contribution is 2.50. The van der Waals surface area contributed by atoms with Crippen LogP contribution >= 0.6 is 0 Å². The number of rotatable bonds is 10. The van der Waals surface area contributed by atoms with Gasteiger partial charge in [-0.15, -0.1) is 0 Å². The maximum Gasteiger partial charge on any atom is 0.129 e. The molecule has 4 atom stereocenters. The van der Waals surface area contributed by atoms with Crippen LogP contribution in [0.25, 0.3) is 0 Å². The summed E-state index contributed by atoms with van der Waals surface area (Å²) in [6.45, 7) is 4.25. The molecule has 4 rings (SSSR count). The largest absolute Gasteiger partial charge is 0.207 e. The van der Waals surface area contributed by atoms with Gasteiger partial charge < -0.3 is 0 Å². The molecule has 0 radical (unpaired) electrons. The van der Waals surface area contributed by atoms with Gasteiger partial charge in [0.1, 0.15) is 11.6 Å². The summed E-state index contributed by atoms with van der Waals surface area (Å²) >= 11 is 0. The van der Waals surface area contributed by atoms with E-state index in [1.165, 1.54) is 83.5 Å². The second kappa shape index (κ2) is 13.4. The molecule has 1 aromatic carbocycles. The molecule has 196 valence electrons. The van der Waals surface area contributed by atoms with Crippen LogP contribution in [-0.2, 0) is 6.42 Å². The molecule has 4 unspecified atom stereocenters. The van der Waals surface area contributed by atoms with Crippen molar-refractivity contribution in [2.75, 3.05) is 0 Å². The van der Waals surface area contributed by atoms with Crippen LogP contribution in [0, 0.1) is 41.2 Å². The molecule has 0 saturated heterocycles. The number of allylic oxidation sites excluding steroid dienone is 2. The van der Waals surface area contributed by atoms with Crippen molar-refractivity contribution in [1.82, 2.24) is 0 Å². The van der Waals surface area contributed by atoms with Gasteiger partial charge in [-0.1, -0.05) is 57.6 Å². The quantitative estimate of drug-likeness (QED) is 0.229. The van der Waals surface area contributed by atoms with Crippen LogP contribution in [0.4, 0.5) is 8.78 Å². The van der Waals surface area contributed by atoms with E-state index < -0.39 is 0 Å². The molecule has 3 aliphatic rings. The Balaban J connectivity index is 1.23. The summed E-state index contributed by atoms with van der Waals surface area (Å²) in [5, 5.41) is 0. The fourth-order valence-corrected chi connectivity index (χ4v) is 7.99. The molecule has 0 amide bonds. The fraction of sp³-hybridized carbons (Fsp3) is 0.758. The van der Waals surface area contributed by atoms with Crippen LogP contribution in [0.1, 0.15) is 134 Å². The van der Waals surface area contributed by atoms with Crippen molar-refractivity contribution in [2.45, 2.75) is 129 Å². The number of benzene rings is 1. The Morgan fingerprint density at radius 2 is 1.40 bits per heavy atom. The average Bonchev–Trinajstić information content (AvgIpc) is 2.88. The van der Waals surface area contributed by atoms with Gasteiger partial charge in [-0.25, -0.2) is 8.78 Å². The van der Waals surface area contributed by atoms with Crippen LogP contribution in [0.2, 0.25) is 0 Å². The second-order valence-electron chi connectivity index (χ2n) is 12.3. The minimum atomic E-state index is -0.342. The molecule has 2 heteroatoms. The van der Waals surface area contributed by atoms with Crippen LogP contribution in [0.3, 0.4) is 0 Å². The summed E-state index contributed by atoms with van der Waals surface area (Å²) in [6, 6.07) is 3.29. The standard InChI is InChI=1S/C33H50F2/c1-3-5-7-9-10-24-12-13-29-21-28(19-18-27(29)20-24)25-14-16-26(17-15-25)30-22-32(34)31(33(35)23-30)11-8-6-4-2/h4,6,22-29H,3,5,7-21H2,1-2H3/b6-4+. The van der Waals surface area contributed by atoms with Crippen molar-refractivity contribution in [1.29, 1.82) is 0 Å². The van der Waals surface area contributed by atoms with E-state index in [0.29, 0.717) is 18.8 Å². The molecule has 0 aromatic heterocycles. The zero-order valence-electron chi connectivity index (χ0n) is 22.6. The lowest BCUT2D eigenvalue weighted by Gasteiger charge is -2.45. The Morgan fingerprint density at radius 1 is 0.771 bits per heavy atom. The highest BCUT2D eigenvalue weighted by Gasteiger charge is 2.38. The molecule has 0 aliphatic heterocycles. The topological polar surface area (TPSA) is 0 Å². The molecule has 3 fully saturated rings. The van der Waals surface area contributed by atoms with Gasteiger partial charge in [-0.05, 0) is 131 Å². The molecular weight excluding hydrogens is 434 g/mol. The summed E-state index contributed by atoms with van der Waals surface area (Å²) in [6.07, 6.45) is 25.7. The first-order chi connectivity index (χ1) is 17.1. The summed E-state index contributed by atoms with van der Waals surface area (Å²) in [5.41, 5.74) is 1.15. The van der Waals surface area contributed by atoms with Crippen LogP contribution in [0.5, 0.6) is 0 Å². The minimum Gasteiger partial charge on any atom is -0.207 e. The summed E-state index contributed by atoms with van der Waals surface area (Å²) in [4.78, 5) is 0. The van der Waals surface area contributed by atoms with E-state index in [0.717, 1.165) is 48.0 Å². The van der Waals surface area contributed by atoms with Crippen molar-refractivity contribution < 1.29 is 8.78 Å². The maximum absolute atomic E-state index is 14.7. The molecule has 3 aliphatic carbocycles. The highest BCUT2D eigenvalue weighted by atomic mass is 19.1. The van der Waals surface area contributed by atoms with E-state index in [2.05, 4.69) is 6.92 Å². The van der Waals surface area contributed by atoms with Crippen molar-refractivity contribution >= 4 is 0 Å². The average molecular weight is 485 g/mol. The van der Waals surface area contributed by atoms with Crippen molar-refractivity contribution in [3.8, 4) is 0 Å². The molecule has 0 nitrogen and oxygen atoms in total. The number of hydrogen-bond donors (Lipinski definition) is 0. The molecule has 0 spiro atoms. The fourth-order valence-electron chi connectivity index (χ4n) is 7.99. The van der Waals surface area contributed by atoms with Gasteiger partial charge in [0.2, 0.25) is 0 Å². The zero-order chi connectivity index (χ0) is 24.6. The van der Waals surface area contributed by atoms with Crippen molar-refractivity contribution in [3.63, 3.8) is 0 Å². The molecule has 35 heavy (non-hydrogen) atoms. The number of halogens is 2. The van der Waals surface area contributed by atoms with E-state index in [-0.39, 0.29) is 17.2 Å². The number of unbranched alkanes of at least 4 members (excludes halogenated alkanes) is 3. The number of fused-ring (bicyclic) bond motifs is 1. The van der Waals surface area contributed by atoms with Gasteiger partial charge in [-0.2, -0.15) is 0 Å². The lowest BCUT2D eigenvalue weighted by molar-refractivity contribution is 0.0613. The SMILES string of the molecule is C/C=C/CCc1c(F)cc(C2CCC(C3CCC4CC(CCCCCC)CCC4C3)CC2)cc1F. The lowest BCUT2D eigenvalue weighted by atomic mass is 9.60. The van der Waals surface area contributed by atoms with E-state index >= 15 is 0 Å². The maximum atomic E-state index is 14.7. The Hall–Kier alpha value is -1.18. The number of hydrogen-bond acceptors (Lipinski definition) is 0. The minimum absolute atomic E-state index is 0.257. The van der Waals surface area contributed by atoms with Gasteiger partial charge in [0, 0.05) is 5.56 Å². The van der Waals surface area contributed by atoms with E-state index in [1.807, 2.05) is 19.1 Å². The van der Waals surface area contributed by atoms with Crippen LogP contribution < -0.4 is 0 Å². The van der Waals surface area contributed by atoms with Crippen molar-refractivity contribution in [3.05, 3.63) is 47.0 Å². The molecular formula is C33H50F2. The Kier molecular flexibility index (Phi) is 10.3. The van der Waals surface area contributed by atoms with Gasteiger partial charge >= 0.3 is 0 Å². The monoisotopic (exact) mass is 484 g/mol. The first-order valence-corrected chi connectivity index (χ1v) is 15.2. The van der Waals surface area contributed by atoms with Crippen molar-refractivity contribution in [2.24, 2.45) is 29.6 Å². The van der Waals surface area contributed by atoms with Gasteiger partial charge in [0.15, 0.2) is 0 Å². The first-order valence-electron chi connectivity index (χ1n) is 15.2. The normalized spacial score (nSPS) is 31.5. The third kappa shape index (κ3) is 7.20. The van der Waals surface area contributed by atoms with Crippen LogP contribution in [0.15, 0.2) is 24.3 Å². The summed E-state index contributed by atoms with van der Waals surface area (Å²) < 4.78 is 29.4. The predicted octanol–water partition coefficient (Wildman–Crippen LogP) is 10.6. The Bertz CT molecular complexity index is 780. The summed E-state index contributed by atoms with van der Waals surface area (Å²) in [5.74, 6) is 4.39. The third-order valence-corrected chi connectivity index (χ3v) is 10.1. The predicted molar refractivity (Wildman–Crippen MR) is 145 cm³/mol. The van der Waals surface area contributed by atoms with Crippen LogP contribution in [-0.4, -0.2) is 0 Å². The lowest BCUT2D eigenvalue weighted by Crippen LogP contribution is -2.34. The van der Waals surface area contributed by atoms with Gasteiger partial charge in [0.25, 0.3) is 0 Å². The molecule has 0 heterocycles. The van der Waals surface area contributed by atoms with E-state index in [1.54, 1.807) is 12.1 Å². The zero-order valence-corrected chi connectivity index (χ0v) is 22.6. The second-order valence-corrected chi connectivity index (χ2v) is 12.3. The Morgan fingerprint density at radius 3 is 2.09 bits per heavy atom. The third-order valence-electron chi connectivity index (χ3n) is 10.1. The molecule has 0 N–H and O–H groups in total. The Labute approximate surface area is 214 Å². The molecule has 0 bridgehead atoms. The highest BCUT2D eigenvalue weighted by molar-refractivity contribution is 5.29. The summed E-state index contributed by atoms with van der Waals surface area (Å²) in [7, 11) is 0. The van der Waals surface area contributed by atoms with E-state index in [9.17, 15) is 8.78 Å². The first kappa shape index (κ1) is 26.9. The van der Waals surface area contributed by atoms with Gasteiger partial charge in [0.05, 0.1) is 0 Å². The van der Waals surface area contributed by atoms with Gasteiger partial charge in [-0.3, -0.25) is 0 Å². The molecule has 3 saturated carbocycles.